The Morgan fingerprint density at radius 1 is 1.11 bits per heavy atom. The number of anilines is 1. The number of hydrogen-bond acceptors (Lipinski definition) is 6. The number of carbonyl (C=O) groups excluding carboxylic acids is 1. The van der Waals surface area contributed by atoms with Crippen molar-refractivity contribution >= 4 is 43.8 Å². The molecule has 3 aromatic rings. The predicted octanol–water partition coefficient (Wildman–Crippen LogP) is 4.22. The fourth-order valence-electron chi connectivity index (χ4n) is 2.62. The first-order chi connectivity index (χ1) is 13.4. The molecular formula is C19H18ClN3O3S2. The lowest BCUT2D eigenvalue weighted by atomic mass is 10.2. The number of halogens is 1. The van der Waals surface area contributed by atoms with E-state index in [2.05, 4.69) is 15.5 Å². The second kappa shape index (κ2) is 8.81. The van der Waals surface area contributed by atoms with Crippen LogP contribution in [0, 0.1) is 0 Å². The Kier molecular flexibility index (Phi) is 6.43. The maximum absolute atomic E-state index is 12.6. The van der Waals surface area contributed by atoms with Crippen molar-refractivity contribution in [3.05, 3.63) is 69.7 Å². The van der Waals surface area contributed by atoms with Gasteiger partial charge in [-0.3, -0.25) is 10.1 Å². The molecule has 1 heterocycles. The molecule has 0 fully saturated rings. The van der Waals surface area contributed by atoms with Gasteiger partial charge < -0.3 is 0 Å². The zero-order valence-electron chi connectivity index (χ0n) is 15.1. The predicted molar refractivity (Wildman–Crippen MR) is 111 cm³/mol. The van der Waals surface area contributed by atoms with Gasteiger partial charge in [-0.2, -0.15) is 0 Å². The molecule has 2 aromatic carbocycles. The summed E-state index contributed by atoms with van der Waals surface area (Å²) in [6.07, 6.45) is 1.04. The quantitative estimate of drug-likeness (QED) is 0.600. The van der Waals surface area contributed by atoms with Gasteiger partial charge in [0.2, 0.25) is 5.13 Å². The highest BCUT2D eigenvalue weighted by Gasteiger charge is 2.22. The van der Waals surface area contributed by atoms with Gasteiger partial charge in [0.05, 0.1) is 16.2 Å². The van der Waals surface area contributed by atoms with Crippen LogP contribution in [-0.2, 0) is 16.3 Å². The summed E-state index contributed by atoms with van der Waals surface area (Å²) in [6.45, 7) is 1.78. The highest BCUT2D eigenvalue weighted by atomic mass is 35.5. The molecule has 28 heavy (non-hydrogen) atoms. The van der Waals surface area contributed by atoms with Crippen LogP contribution < -0.4 is 5.32 Å². The lowest BCUT2D eigenvalue weighted by molar-refractivity contribution is 0.102. The van der Waals surface area contributed by atoms with E-state index in [0.717, 1.165) is 10.6 Å². The topological polar surface area (TPSA) is 89.0 Å². The Bertz CT molecular complexity index is 1080. The second-order valence-corrected chi connectivity index (χ2v) is 9.65. The van der Waals surface area contributed by atoms with Crippen LogP contribution in [0.5, 0.6) is 0 Å². The maximum Gasteiger partial charge on any atom is 0.258 e. The highest BCUT2D eigenvalue weighted by molar-refractivity contribution is 7.91. The fraction of sp³-hybridized carbons (Fsp3) is 0.211. The molecule has 0 saturated heterocycles. The van der Waals surface area contributed by atoms with E-state index in [9.17, 15) is 13.2 Å². The molecule has 0 atom stereocenters. The largest absolute Gasteiger partial charge is 0.296 e. The molecule has 1 N–H and O–H groups in total. The Hall–Kier alpha value is -2.29. The van der Waals surface area contributed by atoms with E-state index in [1.54, 1.807) is 31.2 Å². The van der Waals surface area contributed by atoms with Crippen molar-refractivity contribution in [2.75, 3.05) is 11.1 Å². The number of nitrogens with one attached hydrogen (secondary N) is 1. The molecule has 6 nitrogen and oxygen atoms in total. The molecule has 0 aliphatic carbocycles. The van der Waals surface area contributed by atoms with Gasteiger partial charge in [0.25, 0.3) is 5.91 Å². The van der Waals surface area contributed by atoms with E-state index >= 15 is 0 Å². The average Bonchev–Trinajstić information content (AvgIpc) is 3.10. The number of carbonyl (C=O) groups is 1. The molecule has 1 amide bonds. The molecule has 0 saturated carbocycles. The molecule has 0 bridgehead atoms. The zero-order chi connectivity index (χ0) is 20.1. The highest BCUT2D eigenvalue weighted by Crippen LogP contribution is 2.23. The molecule has 9 heteroatoms. The Balaban J connectivity index is 1.76. The zero-order valence-corrected chi connectivity index (χ0v) is 17.4. The van der Waals surface area contributed by atoms with Crippen molar-refractivity contribution in [2.24, 2.45) is 0 Å². The summed E-state index contributed by atoms with van der Waals surface area (Å²) in [4.78, 5) is 12.7. The normalized spacial score (nSPS) is 11.4. The summed E-state index contributed by atoms with van der Waals surface area (Å²) in [7, 11) is -3.52. The van der Waals surface area contributed by atoms with Crippen LogP contribution in [0.3, 0.4) is 0 Å². The summed E-state index contributed by atoms with van der Waals surface area (Å²) >= 11 is 7.13. The van der Waals surface area contributed by atoms with Crippen molar-refractivity contribution in [2.45, 2.75) is 24.7 Å². The van der Waals surface area contributed by atoms with Crippen LogP contribution >= 0.6 is 22.9 Å². The molecule has 1 aromatic heterocycles. The van der Waals surface area contributed by atoms with E-state index in [0.29, 0.717) is 23.0 Å². The van der Waals surface area contributed by atoms with Crippen LogP contribution in [-0.4, -0.2) is 30.3 Å². The first kappa shape index (κ1) is 20.4. The first-order valence-electron chi connectivity index (χ1n) is 8.59. The lowest BCUT2D eigenvalue weighted by Crippen LogP contribution is -2.17. The van der Waals surface area contributed by atoms with Gasteiger partial charge in [-0.25, -0.2) is 8.42 Å². The Morgan fingerprint density at radius 3 is 2.54 bits per heavy atom. The van der Waals surface area contributed by atoms with Crippen molar-refractivity contribution in [3.8, 4) is 0 Å². The molecule has 0 aliphatic rings. The van der Waals surface area contributed by atoms with E-state index in [-0.39, 0.29) is 16.2 Å². The van der Waals surface area contributed by atoms with Crippen LogP contribution in [0.15, 0.2) is 53.4 Å². The minimum Gasteiger partial charge on any atom is -0.296 e. The maximum atomic E-state index is 12.6. The number of hydrogen-bond donors (Lipinski definition) is 1. The molecule has 0 unspecified atom stereocenters. The van der Waals surface area contributed by atoms with E-state index in [1.807, 2.05) is 12.1 Å². The monoisotopic (exact) mass is 435 g/mol. The SMILES string of the molecule is CCCS(=O)(=O)c1ccccc1C(=O)Nc1nnc(Cc2ccc(Cl)cc2)s1. The summed E-state index contributed by atoms with van der Waals surface area (Å²) in [5.41, 5.74) is 1.12. The van der Waals surface area contributed by atoms with Crippen LogP contribution in [0.1, 0.15) is 34.3 Å². The minimum atomic E-state index is -3.52. The molecule has 0 radical (unpaired) electrons. The Morgan fingerprint density at radius 2 is 1.82 bits per heavy atom. The lowest BCUT2D eigenvalue weighted by Gasteiger charge is -2.09. The third-order valence-corrected chi connectivity index (χ3v) is 6.96. The van der Waals surface area contributed by atoms with Gasteiger partial charge in [-0.05, 0) is 36.2 Å². The van der Waals surface area contributed by atoms with Gasteiger partial charge in [0, 0.05) is 11.4 Å². The third kappa shape index (κ3) is 4.95. The van der Waals surface area contributed by atoms with Gasteiger partial charge in [-0.1, -0.05) is 54.1 Å². The summed E-state index contributed by atoms with van der Waals surface area (Å²) < 4.78 is 24.9. The Labute approximate surface area is 172 Å². The van der Waals surface area contributed by atoms with Gasteiger partial charge in [0.1, 0.15) is 5.01 Å². The second-order valence-electron chi connectivity index (χ2n) is 6.07. The van der Waals surface area contributed by atoms with Crippen LogP contribution in [0.4, 0.5) is 5.13 Å². The van der Waals surface area contributed by atoms with Crippen molar-refractivity contribution in [1.29, 1.82) is 0 Å². The minimum absolute atomic E-state index is 0.0126. The van der Waals surface area contributed by atoms with Crippen molar-refractivity contribution < 1.29 is 13.2 Å². The third-order valence-electron chi connectivity index (χ3n) is 3.90. The summed E-state index contributed by atoms with van der Waals surface area (Å²) in [5, 5.41) is 12.4. The van der Waals surface area contributed by atoms with Crippen LogP contribution in [0.2, 0.25) is 5.02 Å². The smallest absolute Gasteiger partial charge is 0.258 e. The molecular weight excluding hydrogens is 418 g/mol. The van der Waals surface area contributed by atoms with Crippen LogP contribution in [0.25, 0.3) is 0 Å². The first-order valence-corrected chi connectivity index (χ1v) is 11.4. The van der Waals surface area contributed by atoms with E-state index in [1.165, 1.54) is 23.5 Å². The number of benzene rings is 2. The van der Waals surface area contributed by atoms with Gasteiger partial charge >= 0.3 is 0 Å². The number of rotatable bonds is 7. The van der Waals surface area contributed by atoms with E-state index < -0.39 is 15.7 Å². The summed E-state index contributed by atoms with van der Waals surface area (Å²) in [5.74, 6) is -0.536. The fourth-order valence-corrected chi connectivity index (χ4v) is 5.06. The average molecular weight is 436 g/mol. The number of sulfone groups is 1. The molecule has 3 rings (SSSR count). The van der Waals surface area contributed by atoms with Crippen molar-refractivity contribution in [3.63, 3.8) is 0 Å². The molecule has 146 valence electrons. The number of amides is 1. The van der Waals surface area contributed by atoms with Crippen molar-refractivity contribution in [1.82, 2.24) is 10.2 Å². The van der Waals surface area contributed by atoms with Gasteiger partial charge in [-0.15, -0.1) is 10.2 Å². The molecule has 0 aliphatic heterocycles. The van der Waals surface area contributed by atoms with Gasteiger partial charge in [0.15, 0.2) is 9.84 Å². The number of nitrogens with zero attached hydrogens (tertiary/aromatic N) is 2. The summed E-state index contributed by atoms with van der Waals surface area (Å²) in [6, 6.07) is 13.6. The molecule has 0 spiro atoms. The standard InChI is InChI=1S/C19H18ClN3O3S2/c1-2-11-28(25,26)16-6-4-3-5-15(16)18(24)21-19-23-22-17(27-19)12-13-7-9-14(20)10-8-13/h3-10H,2,11-12H2,1H3,(H,21,23,24). The van der Waals surface area contributed by atoms with E-state index in [4.69, 9.17) is 11.6 Å². The number of aromatic nitrogens is 2.